The first kappa shape index (κ1) is 25.6. The van der Waals surface area contributed by atoms with Gasteiger partial charge in [-0.3, -0.25) is 0 Å². The Bertz CT molecular complexity index is 750. The van der Waals surface area contributed by atoms with Gasteiger partial charge in [-0.25, -0.2) is 4.99 Å². The van der Waals surface area contributed by atoms with Crippen molar-refractivity contribution in [2.45, 2.75) is 39.2 Å². The monoisotopic (exact) mass is 534 g/mol. The maximum atomic E-state index is 6.02. The van der Waals surface area contributed by atoms with Crippen LogP contribution in [0.15, 0.2) is 29.3 Å². The van der Waals surface area contributed by atoms with Gasteiger partial charge in [-0.1, -0.05) is 30.7 Å². The van der Waals surface area contributed by atoms with Gasteiger partial charge in [0, 0.05) is 44.8 Å². The zero-order valence-electron chi connectivity index (χ0n) is 17.6. The number of aryl methyl sites for hydroxylation is 1. The Kier molecular flexibility index (Phi) is 12.2. The van der Waals surface area contributed by atoms with Crippen molar-refractivity contribution in [3.8, 4) is 0 Å². The van der Waals surface area contributed by atoms with Crippen LogP contribution in [0.4, 0.5) is 0 Å². The van der Waals surface area contributed by atoms with Gasteiger partial charge in [0.1, 0.15) is 12.4 Å². The molecule has 0 aliphatic rings. The highest BCUT2D eigenvalue weighted by molar-refractivity contribution is 14.0. The summed E-state index contributed by atoms with van der Waals surface area (Å²) in [5.74, 6) is 2.85. The van der Waals surface area contributed by atoms with E-state index in [-0.39, 0.29) is 24.0 Å². The summed E-state index contributed by atoms with van der Waals surface area (Å²) in [6.45, 7) is 6.87. The van der Waals surface area contributed by atoms with Crippen LogP contribution in [0.5, 0.6) is 0 Å². The number of benzene rings is 1. The topological polar surface area (TPSA) is 76.4 Å². The fraction of sp³-hybridized carbons (Fsp3) is 0.550. The van der Waals surface area contributed by atoms with E-state index in [0.29, 0.717) is 19.1 Å². The van der Waals surface area contributed by atoms with E-state index < -0.39 is 0 Å². The smallest absolute Gasteiger partial charge is 0.191 e. The van der Waals surface area contributed by atoms with Gasteiger partial charge in [0.25, 0.3) is 0 Å². The second-order valence-corrected chi connectivity index (χ2v) is 7.13. The predicted molar refractivity (Wildman–Crippen MR) is 129 cm³/mol. The molecule has 0 spiro atoms. The second-order valence-electron chi connectivity index (χ2n) is 6.70. The van der Waals surface area contributed by atoms with Crippen LogP contribution in [0, 0.1) is 6.92 Å². The molecule has 1 atom stereocenters. The lowest BCUT2D eigenvalue weighted by Gasteiger charge is -2.19. The molecule has 0 amide bonds. The van der Waals surface area contributed by atoms with E-state index in [1.807, 2.05) is 30.7 Å². The molecule has 1 aromatic carbocycles. The van der Waals surface area contributed by atoms with Gasteiger partial charge in [0.15, 0.2) is 11.8 Å². The summed E-state index contributed by atoms with van der Waals surface area (Å²) in [4.78, 5) is 4.69. The summed E-state index contributed by atoms with van der Waals surface area (Å²) < 4.78 is 7.07. The highest BCUT2D eigenvalue weighted by Crippen LogP contribution is 2.20. The lowest BCUT2D eigenvalue weighted by atomic mass is 9.96. The third kappa shape index (κ3) is 8.47. The highest BCUT2D eigenvalue weighted by Gasteiger charge is 2.11. The van der Waals surface area contributed by atoms with Gasteiger partial charge in [-0.05, 0) is 37.5 Å². The Morgan fingerprint density at radius 2 is 1.97 bits per heavy atom. The molecule has 0 saturated carbocycles. The molecule has 2 N–H and O–H groups in total. The molecule has 162 valence electrons. The highest BCUT2D eigenvalue weighted by atomic mass is 127. The molecular weight excluding hydrogens is 503 g/mol. The minimum absolute atomic E-state index is 0. The predicted octanol–water partition coefficient (Wildman–Crippen LogP) is 3.66. The number of rotatable bonds is 10. The van der Waals surface area contributed by atoms with E-state index in [9.17, 15) is 0 Å². The average Bonchev–Trinajstić information content (AvgIpc) is 3.02. The van der Waals surface area contributed by atoms with Gasteiger partial charge < -0.3 is 19.9 Å². The molecule has 2 rings (SSSR count). The fourth-order valence-corrected chi connectivity index (χ4v) is 2.91. The van der Waals surface area contributed by atoms with Crippen LogP contribution in [0.1, 0.15) is 42.9 Å². The molecule has 2 aromatic rings. The number of nitrogens with one attached hydrogen (secondary N) is 2. The van der Waals surface area contributed by atoms with Crippen LogP contribution in [0.3, 0.4) is 0 Å². The van der Waals surface area contributed by atoms with Crippen molar-refractivity contribution in [2.75, 3.05) is 26.8 Å². The fourth-order valence-electron chi connectivity index (χ4n) is 2.79. The lowest BCUT2D eigenvalue weighted by Crippen LogP contribution is -2.40. The van der Waals surface area contributed by atoms with E-state index >= 15 is 0 Å². The van der Waals surface area contributed by atoms with Crippen LogP contribution in [0.2, 0.25) is 5.02 Å². The van der Waals surface area contributed by atoms with Crippen molar-refractivity contribution in [1.29, 1.82) is 0 Å². The van der Waals surface area contributed by atoms with Crippen LogP contribution in [-0.2, 0) is 18.3 Å². The molecule has 1 unspecified atom stereocenters. The number of guanidine groups is 1. The third-order valence-corrected chi connectivity index (χ3v) is 4.98. The zero-order chi connectivity index (χ0) is 20.4. The van der Waals surface area contributed by atoms with Crippen molar-refractivity contribution in [3.05, 3.63) is 46.5 Å². The number of aromatic nitrogens is 3. The third-order valence-electron chi connectivity index (χ3n) is 4.73. The van der Waals surface area contributed by atoms with Crippen LogP contribution >= 0.6 is 35.6 Å². The molecule has 0 aliphatic carbocycles. The SMILES string of the molecule is CCC(CNC(=NCc1nnc(C)n1C)NCCCOC)c1ccc(Cl)cc1.I. The summed E-state index contributed by atoms with van der Waals surface area (Å²) in [5, 5.41) is 15.9. The molecule has 0 radical (unpaired) electrons. The van der Waals surface area contributed by atoms with Gasteiger partial charge in [-0.2, -0.15) is 0 Å². The maximum absolute atomic E-state index is 6.02. The van der Waals surface area contributed by atoms with Crippen molar-refractivity contribution in [1.82, 2.24) is 25.4 Å². The number of ether oxygens (including phenoxy) is 1. The quantitative estimate of drug-likeness (QED) is 0.211. The van der Waals surface area contributed by atoms with E-state index in [4.69, 9.17) is 16.3 Å². The molecular formula is C20H32ClIN6O. The van der Waals surface area contributed by atoms with Gasteiger partial charge in [0.2, 0.25) is 0 Å². The molecule has 0 aliphatic heterocycles. The van der Waals surface area contributed by atoms with Crippen LogP contribution < -0.4 is 10.6 Å². The van der Waals surface area contributed by atoms with Gasteiger partial charge >= 0.3 is 0 Å². The molecule has 9 heteroatoms. The maximum Gasteiger partial charge on any atom is 0.191 e. The Labute approximate surface area is 195 Å². The minimum Gasteiger partial charge on any atom is -0.385 e. The average molecular weight is 535 g/mol. The largest absolute Gasteiger partial charge is 0.385 e. The van der Waals surface area contributed by atoms with E-state index in [2.05, 4.69) is 44.9 Å². The molecule has 1 heterocycles. The Hall–Kier alpha value is -1.39. The summed E-state index contributed by atoms with van der Waals surface area (Å²) in [7, 11) is 3.66. The summed E-state index contributed by atoms with van der Waals surface area (Å²) >= 11 is 6.02. The standard InChI is InChI=1S/C20H31ClN6O.HI/c1-5-16(17-7-9-18(21)10-8-17)13-23-20(22-11-6-12-28-4)24-14-19-26-25-15(2)27(19)3;/h7-10,16H,5-6,11-14H2,1-4H3,(H2,22,23,24);1H. The first-order valence-corrected chi connectivity index (χ1v) is 10.0. The van der Waals surface area contributed by atoms with E-state index in [1.54, 1.807) is 7.11 Å². The second kappa shape index (κ2) is 13.8. The molecule has 0 fully saturated rings. The van der Waals surface area contributed by atoms with Crippen molar-refractivity contribution < 1.29 is 4.74 Å². The lowest BCUT2D eigenvalue weighted by molar-refractivity contribution is 0.195. The Morgan fingerprint density at radius 3 is 2.55 bits per heavy atom. The molecule has 0 saturated heterocycles. The molecule has 1 aromatic heterocycles. The summed E-state index contributed by atoms with van der Waals surface area (Å²) in [6, 6.07) is 8.05. The van der Waals surface area contributed by atoms with Crippen molar-refractivity contribution >= 4 is 41.5 Å². The molecule has 0 bridgehead atoms. The number of hydrogen-bond acceptors (Lipinski definition) is 4. The van der Waals surface area contributed by atoms with Gasteiger partial charge in [0.05, 0.1) is 0 Å². The summed E-state index contributed by atoms with van der Waals surface area (Å²) in [6.07, 6.45) is 1.93. The number of methoxy groups -OCH3 is 1. The number of nitrogens with zero attached hydrogens (tertiary/aromatic N) is 4. The first-order valence-electron chi connectivity index (χ1n) is 9.66. The number of aliphatic imine (C=N–C) groups is 1. The minimum atomic E-state index is 0. The van der Waals surface area contributed by atoms with Gasteiger partial charge in [-0.15, -0.1) is 34.2 Å². The van der Waals surface area contributed by atoms with Crippen molar-refractivity contribution in [3.63, 3.8) is 0 Å². The number of hydrogen-bond donors (Lipinski definition) is 2. The van der Waals surface area contributed by atoms with E-state index in [0.717, 1.165) is 48.6 Å². The summed E-state index contributed by atoms with van der Waals surface area (Å²) in [5.41, 5.74) is 1.27. The molecule has 29 heavy (non-hydrogen) atoms. The zero-order valence-corrected chi connectivity index (χ0v) is 20.7. The number of halogens is 2. The van der Waals surface area contributed by atoms with Crippen LogP contribution in [0.25, 0.3) is 0 Å². The molecule has 7 nitrogen and oxygen atoms in total. The Morgan fingerprint density at radius 1 is 1.24 bits per heavy atom. The van der Waals surface area contributed by atoms with E-state index in [1.165, 1.54) is 5.56 Å². The van der Waals surface area contributed by atoms with Crippen LogP contribution in [-0.4, -0.2) is 47.5 Å². The first-order chi connectivity index (χ1) is 13.5. The van der Waals surface area contributed by atoms with Crippen molar-refractivity contribution in [2.24, 2.45) is 12.0 Å². The Balaban J connectivity index is 0.00000420. The normalized spacial score (nSPS) is 12.4.